The molecule has 4 nitrogen and oxygen atoms in total. The Balaban J connectivity index is 1.53. The van der Waals surface area contributed by atoms with Crippen molar-refractivity contribution < 1.29 is 9.59 Å². The molecule has 2 aliphatic heterocycles. The highest BCUT2D eigenvalue weighted by Gasteiger charge is 2.53. The normalized spacial score (nSPS) is 39.0. The Morgan fingerprint density at radius 3 is 2.24 bits per heavy atom. The lowest BCUT2D eigenvalue weighted by Gasteiger charge is -2.46. The lowest BCUT2D eigenvalue weighted by Crippen LogP contribution is -2.58. The number of hydrogen-bond donors (Lipinski definition) is 1. The molecular weight excluding hydrogens is 264 g/mol. The van der Waals surface area contributed by atoms with Gasteiger partial charge in [0.25, 0.3) is 0 Å². The monoisotopic (exact) mass is 290 g/mol. The summed E-state index contributed by atoms with van der Waals surface area (Å²) in [4.78, 5) is 27.0. The van der Waals surface area contributed by atoms with Crippen LogP contribution < -0.4 is 5.32 Å². The first-order valence-corrected chi connectivity index (χ1v) is 8.82. The van der Waals surface area contributed by atoms with Crippen LogP contribution in [0.5, 0.6) is 0 Å². The van der Waals surface area contributed by atoms with Crippen molar-refractivity contribution in [3.05, 3.63) is 0 Å². The SMILES string of the molecule is O=C1C2CCCC2C(=O)N1C1CCNC2(CCCCC2)C1. The maximum Gasteiger partial charge on any atom is 0.233 e. The first-order valence-electron chi connectivity index (χ1n) is 8.82. The fourth-order valence-electron chi connectivity index (χ4n) is 5.34. The Hall–Kier alpha value is -0.900. The van der Waals surface area contributed by atoms with E-state index in [1.54, 1.807) is 4.90 Å². The molecule has 2 amide bonds. The number of amides is 2. The molecule has 4 rings (SSSR count). The Bertz CT molecular complexity index is 428. The molecule has 4 heteroatoms. The Morgan fingerprint density at radius 2 is 1.57 bits per heavy atom. The predicted molar refractivity (Wildman–Crippen MR) is 79.5 cm³/mol. The fourth-order valence-corrected chi connectivity index (χ4v) is 5.34. The van der Waals surface area contributed by atoms with E-state index in [1.807, 2.05) is 0 Å². The van der Waals surface area contributed by atoms with E-state index in [9.17, 15) is 9.59 Å². The fraction of sp³-hybridized carbons (Fsp3) is 0.882. The molecular formula is C17H26N2O2. The van der Waals surface area contributed by atoms with Gasteiger partial charge in [-0.1, -0.05) is 25.7 Å². The van der Waals surface area contributed by atoms with Gasteiger partial charge in [0.2, 0.25) is 11.8 Å². The van der Waals surface area contributed by atoms with Gasteiger partial charge in [-0.05, 0) is 45.1 Å². The maximum absolute atomic E-state index is 12.7. The summed E-state index contributed by atoms with van der Waals surface area (Å²) in [5.41, 5.74) is 0.208. The summed E-state index contributed by atoms with van der Waals surface area (Å²) in [6.45, 7) is 0.955. The van der Waals surface area contributed by atoms with Crippen molar-refractivity contribution >= 4 is 11.8 Å². The van der Waals surface area contributed by atoms with Crippen LogP contribution in [-0.2, 0) is 9.59 Å². The van der Waals surface area contributed by atoms with Crippen LogP contribution in [0.25, 0.3) is 0 Å². The molecule has 2 saturated heterocycles. The molecule has 4 aliphatic rings. The average molecular weight is 290 g/mol. The van der Waals surface area contributed by atoms with Crippen LogP contribution in [0.3, 0.4) is 0 Å². The number of fused-ring (bicyclic) bond motifs is 1. The molecule has 2 heterocycles. The third kappa shape index (κ3) is 2.14. The van der Waals surface area contributed by atoms with Crippen molar-refractivity contribution in [3.8, 4) is 0 Å². The quantitative estimate of drug-likeness (QED) is 0.753. The maximum atomic E-state index is 12.7. The number of nitrogens with zero attached hydrogens (tertiary/aromatic N) is 1. The average Bonchev–Trinajstić information content (AvgIpc) is 3.05. The Kier molecular flexibility index (Phi) is 3.32. The molecule has 0 aromatic carbocycles. The van der Waals surface area contributed by atoms with Crippen molar-refractivity contribution in [1.82, 2.24) is 10.2 Å². The van der Waals surface area contributed by atoms with E-state index in [0.29, 0.717) is 0 Å². The minimum atomic E-state index is 0.0229. The summed E-state index contributed by atoms with van der Waals surface area (Å²) in [5, 5.41) is 3.72. The van der Waals surface area contributed by atoms with Crippen molar-refractivity contribution in [2.45, 2.75) is 75.8 Å². The molecule has 0 bridgehead atoms. The van der Waals surface area contributed by atoms with Gasteiger partial charge < -0.3 is 5.32 Å². The summed E-state index contributed by atoms with van der Waals surface area (Å²) in [7, 11) is 0. The topological polar surface area (TPSA) is 49.4 Å². The molecule has 1 spiro atoms. The van der Waals surface area contributed by atoms with E-state index in [0.717, 1.165) is 38.6 Å². The molecule has 21 heavy (non-hydrogen) atoms. The zero-order chi connectivity index (χ0) is 14.4. The van der Waals surface area contributed by atoms with Crippen LogP contribution in [0.1, 0.15) is 64.2 Å². The minimum absolute atomic E-state index is 0.0229. The minimum Gasteiger partial charge on any atom is -0.311 e. The van der Waals surface area contributed by atoms with Crippen molar-refractivity contribution in [3.63, 3.8) is 0 Å². The second-order valence-corrected chi connectivity index (χ2v) is 7.60. The molecule has 4 fully saturated rings. The summed E-state index contributed by atoms with van der Waals surface area (Å²) < 4.78 is 0. The van der Waals surface area contributed by atoms with Gasteiger partial charge in [-0.15, -0.1) is 0 Å². The van der Waals surface area contributed by atoms with Gasteiger partial charge >= 0.3 is 0 Å². The predicted octanol–water partition coefficient (Wildman–Crippen LogP) is 2.23. The number of nitrogens with one attached hydrogen (secondary N) is 1. The second-order valence-electron chi connectivity index (χ2n) is 7.60. The van der Waals surface area contributed by atoms with Crippen molar-refractivity contribution in [2.75, 3.05) is 6.54 Å². The van der Waals surface area contributed by atoms with E-state index in [2.05, 4.69) is 5.32 Å². The molecule has 0 aromatic heterocycles. The van der Waals surface area contributed by atoms with E-state index in [1.165, 1.54) is 32.1 Å². The van der Waals surface area contributed by atoms with Gasteiger partial charge in [-0.2, -0.15) is 0 Å². The number of likely N-dealkylation sites (tertiary alicyclic amines) is 1. The van der Waals surface area contributed by atoms with E-state index in [4.69, 9.17) is 0 Å². The highest BCUT2D eigenvalue weighted by molar-refractivity contribution is 6.05. The first kappa shape index (κ1) is 13.7. The molecule has 3 unspecified atom stereocenters. The van der Waals surface area contributed by atoms with Gasteiger partial charge in [0, 0.05) is 11.6 Å². The van der Waals surface area contributed by atoms with Gasteiger partial charge in [-0.25, -0.2) is 0 Å². The number of carbonyl (C=O) groups excluding carboxylic acids is 2. The molecule has 1 N–H and O–H groups in total. The lowest BCUT2D eigenvalue weighted by molar-refractivity contribution is -0.144. The molecule has 2 saturated carbocycles. The zero-order valence-corrected chi connectivity index (χ0v) is 12.8. The Morgan fingerprint density at radius 1 is 0.905 bits per heavy atom. The standard InChI is InChI=1S/C17H26N2O2/c20-15-13-5-4-6-14(13)16(21)19(15)12-7-10-18-17(11-12)8-2-1-3-9-17/h12-14,18H,1-11H2. The number of rotatable bonds is 1. The van der Waals surface area contributed by atoms with E-state index >= 15 is 0 Å². The van der Waals surface area contributed by atoms with Crippen molar-refractivity contribution in [1.29, 1.82) is 0 Å². The highest BCUT2D eigenvalue weighted by Crippen LogP contribution is 2.43. The van der Waals surface area contributed by atoms with Gasteiger partial charge in [-0.3, -0.25) is 14.5 Å². The van der Waals surface area contributed by atoms with Crippen LogP contribution in [0.2, 0.25) is 0 Å². The number of piperidine rings is 1. The highest BCUT2D eigenvalue weighted by atomic mass is 16.2. The second kappa shape index (κ2) is 5.08. The molecule has 0 aromatic rings. The molecule has 0 radical (unpaired) electrons. The third-order valence-electron chi connectivity index (χ3n) is 6.40. The zero-order valence-electron chi connectivity index (χ0n) is 12.8. The van der Waals surface area contributed by atoms with Gasteiger partial charge in [0.1, 0.15) is 0 Å². The van der Waals surface area contributed by atoms with Crippen LogP contribution in [0.15, 0.2) is 0 Å². The van der Waals surface area contributed by atoms with Crippen LogP contribution in [-0.4, -0.2) is 34.8 Å². The molecule has 2 aliphatic carbocycles. The summed E-state index contributed by atoms with van der Waals surface area (Å²) >= 11 is 0. The lowest BCUT2D eigenvalue weighted by atomic mass is 9.74. The van der Waals surface area contributed by atoms with Crippen LogP contribution in [0, 0.1) is 11.8 Å². The molecule has 116 valence electrons. The Labute approximate surface area is 126 Å². The van der Waals surface area contributed by atoms with Gasteiger partial charge in [0.05, 0.1) is 11.8 Å². The third-order valence-corrected chi connectivity index (χ3v) is 6.40. The van der Waals surface area contributed by atoms with E-state index < -0.39 is 0 Å². The van der Waals surface area contributed by atoms with Gasteiger partial charge in [0.15, 0.2) is 0 Å². The van der Waals surface area contributed by atoms with Crippen molar-refractivity contribution in [2.24, 2.45) is 11.8 Å². The summed E-state index contributed by atoms with van der Waals surface area (Å²) in [6.07, 6.45) is 11.2. The molecule has 3 atom stereocenters. The number of hydrogen-bond acceptors (Lipinski definition) is 3. The smallest absolute Gasteiger partial charge is 0.233 e. The first-order chi connectivity index (χ1) is 10.2. The summed E-state index contributed by atoms with van der Waals surface area (Å²) in [6, 6.07) is 0.162. The van der Waals surface area contributed by atoms with Crippen LogP contribution in [0.4, 0.5) is 0 Å². The largest absolute Gasteiger partial charge is 0.311 e. The van der Waals surface area contributed by atoms with E-state index in [-0.39, 0.29) is 35.2 Å². The van der Waals surface area contributed by atoms with Crippen LogP contribution >= 0.6 is 0 Å². The summed E-state index contributed by atoms with van der Waals surface area (Å²) in [5.74, 6) is 0.352. The number of carbonyl (C=O) groups is 2. The number of imide groups is 1.